The third-order valence-electron chi connectivity index (χ3n) is 3.24. The van der Waals surface area contributed by atoms with E-state index in [0.29, 0.717) is 28.7 Å². The summed E-state index contributed by atoms with van der Waals surface area (Å²) in [5.41, 5.74) is 1.74. The van der Waals surface area contributed by atoms with Gasteiger partial charge in [0.15, 0.2) is 0 Å². The second kappa shape index (κ2) is 8.75. The fourth-order valence-corrected chi connectivity index (χ4v) is 2.58. The van der Waals surface area contributed by atoms with Gasteiger partial charge in [0.05, 0.1) is 11.9 Å². The summed E-state index contributed by atoms with van der Waals surface area (Å²) in [5.74, 6) is 0.760. The largest absolute Gasteiger partial charge is 0.370 e. The van der Waals surface area contributed by atoms with E-state index in [2.05, 4.69) is 15.6 Å². The molecule has 4 nitrogen and oxygen atoms in total. The van der Waals surface area contributed by atoms with Crippen LogP contribution in [0.15, 0.2) is 36.5 Å². The van der Waals surface area contributed by atoms with E-state index < -0.39 is 0 Å². The molecule has 1 aromatic heterocycles. The maximum absolute atomic E-state index is 11.5. The SMILES string of the molecule is CCCC(=O)Nc1ccc(NCCc2ccc(Cl)cc2Cl)nc1. The smallest absolute Gasteiger partial charge is 0.224 e. The van der Waals surface area contributed by atoms with Crippen LogP contribution in [0.5, 0.6) is 0 Å². The van der Waals surface area contributed by atoms with Crippen molar-refractivity contribution < 1.29 is 4.79 Å². The first-order valence-electron chi connectivity index (χ1n) is 7.52. The summed E-state index contributed by atoms with van der Waals surface area (Å²) in [7, 11) is 0. The molecule has 6 heteroatoms. The van der Waals surface area contributed by atoms with Gasteiger partial charge in [-0.05, 0) is 42.7 Å². The fraction of sp³-hybridized carbons (Fsp3) is 0.294. The van der Waals surface area contributed by atoms with Crippen LogP contribution in [0.1, 0.15) is 25.3 Å². The van der Waals surface area contributed by atoms with Crippen LogP contribution in [-0.4, -0.2) is 17.4 Å². The summed E-state index contributed by atoms with van der Waals surface area (Å²) in [6.45, 7) is 2.67. The zero-order valence-corrected chi connectivity index (χ0v) is 14.4. The molecule has 122 valence electrons. The topological polar surface area (TPSA) is 54.0 Å². The second-order valence-corrected chi connectivity index (χ2v) is 5.99. The number of anilines is 2. The number of nitrogens with zero attached hydrogens (tertiary/aromatic N) is 1. The average Bonchev–Trinajstić information content (AvgIpc) is 2.51. The van der Waals surface area contributed by atoms with Crippen molar-refractivity contribution in [3.8, 4) is 0 Å². The molecule has 23 heavy (non-hydrogen) atoms. The Morgan fingerprint density at radius 3 is 2.70 bits per heavy atom. The number of aromatic nitrogens is 1. The van der Waals surface area contributed by atoms with Gasteiger partial charge in [-0.3, -0.25) is 4.79 Å². The Morgan fingerprint density at radius 1 is 1.22 bits per heavy atom. The predicted octanol–water partition coefficient (Wildman–Crippen LogP) is 4.78. The molecule has 2 aromatic rings. The van der Waals surface area contributed by atoms with Crippen LogP contribution in [0, 0.1) is 0 Å². The van der Waals surface area contributed by atoms with Crippen LogP contribution in [-0.2, 0) is 11.2 Å². The molecule has 0 fully saturated rings. The van der Waals surface area contributed by atoms with E-state index in [9.17, 15) is 4.79 Å². The number of carbonyl (C=O) groups is 1. The standard InChI is InChI=1S/C17H19Cl2N3O/c1-2-3-17(23)22-14-6-7-16(21-11-14)20-9-8-12-4-5-13(18)10-15(12)19/h4-7,10-11H,2-3,8-9H2,1H3,(H,20,21)(H,22,23). The second-order valence-electron chi connectivity index (χ2n) is 5.14. The molecule has 0 aliphatic rings. The van der Waals surface area contributed by atoms with E-state index in [1.165, 1.54) is 0 Å². The summed E-state index contributed by atoms with van der Waals surface area (Å²) < 4.78 is 0. The van der Waals surface area contributed by atoms with Crippen molar-refractivity contribution in [3.05, 3.63) is 52.1 Å². The maximum Gasteiger partial charge on any atom is 0.224 e. The van der Waals surface area contributed by atoms with Gasteiger partial charge in [0.2, 0.25) is 5.91 Å². The first-order chi connectivity index (χ1) is 11.1. The van der Waals surface area contributed by atoms with Crippen molar-refractivity contribution in [2.24, 2.45) is 0 Å². The minimum atomic E-state index is 0.00684. The number of hydrogen-bond donors (Lipinski definition) is 2. The fourth-order valence-electron chi connectivity index (χ4n) is 2.07. The summed E-state index contributed by atoms with van der Waals surface area (Å²) in [4.78, 5) is 15.8. The molecule has 2 N–H and O–H groups in total. The quantitative estimate of drug-likeness (QED) is 0.754. The van der Waals surface area contributed by atoms with Gasteiger partial charge in [-0.1, -0.05) is 36.2 Å². The molecule has 0 bridgehead atoms. The Balaban J connectivity index is 1.83. The van der Waals surface area contributed by atoms with Crippen molar-refractivity contribution in [2.45, 2.75) is 26.2 Å². The van der Waals surface area contributed by atoms with Crippen molar-refractivity contribution in [2.75, 3.05) is 17.2 Å². The minimum absolute atomic E-state index is 0.00684. The van der Waals surface area contributed by atoms with Crippen molar-refractivity contribution in [1.29, 1.82) is 0 Å². The summed E-state index contributed by atoms with van der Waals surface area (Å²) in [5, 5.41) is 7.33. The molecule has 0 saturated heterocycles. The number of pyridine rings is 1. The predicted molar refractivity (Wildman–Crippen MR) is 96.4 cm³/mol. The van der Waals surface area contributed by atoms with Crippen LogP contribution < -0.4 is 10.6 Å². The Labute approximate surface area is 146 Å². The minimum Gasteiger partial charge on any atom is -0.370 e. The molecule has 2 rings (SSSR count). The van der Waals surface area contributed by atoms with Gasteiger partial charge in [0.1, 0.15) is 5.82 Å². The Kier molecular flexibility index (Phi) is 6.68. The molecular weight excluding hydrogens is 333 g/mol. The summed E-state index contributed by atoms with van der Waals surface area (Å²) in [6, 6.07) is 9.16. The van der Waals surface area contributed by atoms with E-state index in [1.54, 1.807) is 12.3 Å². The number of nitrogens with one attached hydrogen (secondary N) is 2. The highest BCUT2D eigenvalue weighted by Gasteiger charge is 2.03. The van der Waals surface area contributed by atoms with Crippen molar-refractivity contribution >= 4 is 40.6 Å². The first kappa shape index (κ1) is 17.6. The monoisotopic (exact) mass is 351 g/mol. The van der Waals surface area contributed by atoms with E-state index in [4.69, 9.17) is 23.2 Å². The Hall–Kier alpha value is -1.78. The normalized spacial score (nSPS) is 10.4. The highest BCUT2D eigenvalue weighted by molar-refractivity contribution is 6.35. The van der Waals surface area contributed by atoms with E-state index in [1.807, 2.05) is 31.2 Å². The zero-order chi connectivity index (χ0) is 16.7. The van der Waals surface area contributed by atoms with Gasteiger partial charge >= 0.3 is 0 Å². The summed E-state index contributed by atoms with van der Waals surface area (Å²) in [6.07, 6.45) is 3.76. The van der Waals surface area contributed by atoms with Crippen LogP contribution in [0.4, 0.5) is 11.5 Å². The maximum atomic E-state index is 11.5. The van der Waals surface area contributed by atoms with Crippen LogP contribution in [0.3, 0.4) is 0 Å². The molecule has 0 aliphatic heterocycles. The van der Waals surface area contributed by atoms with Gasteiger partial charge in [0, 0.05) is 23.0 Å². The number of amides is 1. The van der Waals surface area contributed by atoms with E-state index in [0.717, 1.165) is 24.2 Å². The lowest BCUT2D eigenvalue weighted by Gasteiger charge is -2.09. The summed E-state index contributed by atoms with van der Waals surface area (Å²) >= 11 is 12.0. The number of benzene rings is 1. The van der Waals surface area contributed by atoms with Crippen molar-refractivity contribution in [3.63, 3.8) is 0 Å². The average molecular weight is 352 g/mol. The molecule has 0 spiro atoms. The number of rotatable bonds is 7. The molecule has 1 aromatic carbocycles. The molecule has 0 atom stereocenters. The molecular formula is C17H19Cl2N3O. The van der Waals surface area contributed by atoms with Crippen molar-refractivity contribution in [1.82, 2.24) is 4.98 Å². The van der Waals surface area contributed by atoms with Gasteiger partial charge in [-0.25, -0.2) is 4.98 Å². The van der Waals surface area contributed by atoms with Crippen LogP contribution in [0.2, 0.25) is 10.0 Å². The van der Waals surface area contributed by atoms with E-state index >= 15 is 0 Å². The lowest BCUT2D eigenvalue weighted by molar-refractivity contribution is -0.116. The Bertz CT molecular complexity index is 659. The van der Waals surface area contributed by atoms with E-state index in [-0.39, 0.29) is 5.91 Å². The molecule has 0 radical (unpaired) electrons. The van der Waals surface area contributed by atoms with Crippen LogP contribution >= 0.6 is 23.2 Å². The van der Waals surface area contributed by atoms with Crippen LogP contribution in [0.25, 0.3) is 0 Å². The molecule has 0 aliphatic carbocycles. The molecule has 1 amide bonds. The number of hydrogen-bond acceptors (Lipinski definition) is 3. The van der Waals surface area contributed by atoms with Gasteiger partial charge in [0.25, 0.3) is 0 Å². The van der Waals surface area contributed by atoms with Gasteiger partial charge in [-0.2, -0.15) is 0 Å². The lowest BCUT2D eigenvalue weighted by atomic mass is 10.1. The third kappa shape index (κ3) is 5.73. The zero-order valence-electron chi connectivity index (χ0n) is 12.9. The lowest BCUT2D eigenvalue weighted by Crippen LogP contribution is -2.11. The molecule has 1 heterocycles. The number of carbonyl (C=O) groups excluding carboxylic acids is 1. The highest BCUT2D eigenvalue weighted by atomic mass is 35.5. The van der Waals surface area contributed by atoms with Gasteiger partial charge < -0.3 is 10.6 Å². The third-order valence-corrected chi connectivity index (χ3v) is 3.83. The highest BCUT2D eigenvalue weighted by Crippen LogP contribution is 2.21. The molecule has 0 unspecified atom stereocenters. The first-order valence-corrected chi connectivity index (χ1v) is 8.27. The molecule has 0 saturated carbocycles. The van der Waals surface area contributed by atoms with Gasteiger partial charge in [-0.15, -0.1) is 0 Å². The number of halogens is 2. The Morgan fingerprint density at radius 2 is 2.04 bits per heavy atom.